The Morgan fingerprint density at radius 1 is 1.37 bits per heavy atom. The van der Waals surface area contributed by atoms with E-state index in [9.17, 15) is 0 Å². The zero-order valence-corrected chi connectivity index (χ0v) is 12.3. The Labute approximate surface area is 117 Å². The van der Waals surface area contributed by atoms with E-state index in [1.807, 2.05) is 14.0 Å². The molecule has 0 saturated carbocycles. The quantitative estimate of drug-likeness (QED) is 0.816. The van der Waals surface area contributed by atoms with Gasteiger partial charge in [0.2, 0.25) is 0 Å². The molecule has 0 aliphatic rings. The van der Waals surface area contributed by atoms with Crippen molar-refractivity contribution in [3.8, 4) is 0 Å². The molecule has 0 radical (unpaired) electrons. The lowest BCUT2D eigenvalue weighted by molar-refractivity contribution is 0.624. The largest absolute Gasteiger partial charge is 0.310 e. The normalized spacial score (nSPS) is 11.2. The molecule has 0 atom stereocenters. The molecule has 2 aromatic rings. The second kappa shape index (κ2) is 6.16. The molecule has 0 aliphatic heterocycles. The van der Waals surface area contributed by atoms with Crippen LogP contribution in [0.2, 0.25) is 5.15 Å². The van der Waals surface area contributed by atoms with Crippen LogP contribution in [0.4, 0.5) is 0 Å². The first-order valence-electron chi connectivity index (χ1n) is 6.38. The maximum absolute atomic E-state index is 6.20. The lowest BCUT2D eigenvalue weighted by Gasteiger charge is -2.01. The van der Waals surface area contributed by atoms with Gasteiger partial charge >= 0.3 is 0 Å². The minimum atomic E-state index is 0.597. The highest BCUT2D eigenvalue weighted by Gasteiger charge is 2.12. The van der Waals surface area contributed by atoms with Crippen molar-refractivity contribution in [2.24, 2.45) is 7.05 Å². The molecule has 2 aromatic heterocycles. The highest BCUT2D eigenvalue weighted by atomic mass is 35.5. The monoisotopic (exact) mass is 282 g/mol. The average Bonchev–Trinajstić information content (AvgIpc) is 2.91. The number of nitrogens with zero attached hydrogens (tertiary/aromatic N) is 5. The maximum Gasteiger partial charge on any atom is 0.164 e. The first-order chi connectivity index (χ1) is 9.11. The molecule has 0 aliphatic carbocycles. The van der Waals surface area contributed by atoms with Gasteiger partial charge in [0.15, 0.2) is 5.82 Å². The summed E-state index contributed by atoms with van der Waals surface area (Å²) < 4.78 is 3.46. The van der Waals surface area contributed by atoms with E-state index in [0.29, 0.717) is 18.2 Å². The van der Waals surface area contributed by atoms with Crippen molar-refractivity contribution in [3.05, 3.63) is 28.6 Å². The van der Waals surface area contributed by atoms with E-state index in [-0.39, 0.29) is 0 Å². The topological polar surface area (TPSA) is 60.6 Å². The minimum absolute atomic E-state index is 0.597. The lowest BCUT2D eigenvalue weighted by atomic mass is 10.3. The molecule has 1 N–H and O–H groups in total. The summed E-state index contributed by atoms with van der Waals surface area (Å²) in [6.07, 6.45) is 2.83. The predicted molar refractivity (Wildman–Crippen MR) is 74.1 cm³/mol. The SMILES string of the molecule is CCCNCc1ncn(Cc2c(C)nn(C)c2Cl)n1. The average molecular weight is 283 g/mol. The van der Waals surface area contributed by atoms with Crippen molar-refractivity contribution in [3.63, 3.8) is 0 Å². The second-order valence-electron chi connectivity index (χ2n) is 4.51. The lowest BCUT2D eigenvalue weighted by Crippen LogP contribution is -2.15. The Hall–Kier alpha value is -1.40. The summed E-state index contributed by atoms with van der Waals surface area (Å²) in [5.41, 5.74) is 1.91. The van der Waals surface area contributed by atoms with Crippen molar-refractivity contribution in [1.29, 1.82) is 0 Å². The number of hydrogen-bond donors (Lipinski definition) is 1. The third-order valence-corrected chi connectivity index (χ3v) is 3.36. The summed E-state index contributed by atoms with van der Waals surface area (Å²) >= 11 is 6.20. The smallest absolute Gasteiger partial charge is 0.164 e. The van der Waals surface area contributed by atoms with Gasteiger partial charge in [0, 0.05) is 12.6 Å². The molecule has 0 fully saturated rings. The second-order valence-corrected chi connectivity index (χ2v) is 4.87. The number of hydrogen-bond acceptors (Lipinski definition) is 4. The Morgan fingerprint density at radius 2 is 2.16 bits per heavy atom. The zero-order chi connectivity index (χ0) is 13.8. The minimum Gasteiger partial charge on any atom is -0.310 e. The Balaban J connectivity index is 2.03. The van der Waals surface area contributed by atoms with E-state index in [2.05, 4.69) is 27.4 Å². The van der Waals surface area contributed by atoms with E-state index in [1.165, 1.54) is 0 Å². The number of aryl methyl sites for hydroxylation is 2. The van der Waals surface area contributed by atoms with E-state index >= 15 is 0 Å². The van der Waals surface area contributed by atoms with Crippen molar-refractivity contribution >= 4 is 11.6 Å². The summed E-state index contributed by atoms with van der Waals surface area (Å²) in [4.78, 5) is 4.27. The highest BCUT2D eigenvalue weighted by molar-refractivity contribution is 6.30. The van der Waals surface area contributed by atoms with Gasteiger partial charge in [0.1, 0.15) is 11.5 Å². The summed E-state index contributed by atoms with van der Waals surface area (Å²) in [5, 5.41) is 12.6. The van der Waals surface area contributed by atoms with Gasteiger partial charge in [-0.3, -0.25) is 4.68 Å². The van der Waals surface area contributed by atoms with Crippen molar-refractivity contribution in [2.75, 3.05) is 6.54 Å². The molecule has 0 unspecified atom stereocenters. The van der Waals surface area contributed by atoms with E-state index in [0.717, 1.165) is 30.0 Å². The van der Waals surface area contributed by atoms with Gasteiger partial charge in [-0.25, -0.2) is 9.67 Å². The summed E-state index contributed by atoms with van der Waals surface area (Å²) in [7, 11) is 1.83. The van der Waals surface area contributed by atoms with Crippen LogP contribution in [0.25, 0.3) is 0 Å². The van der Waals surface area contributed by atoms with Gasteiger partial charge in [-0.05, 0) is 19.9 Å². The summed E-state index contributed by atoms with van der Waals surface area (Å²) in [6.45, 7) is 6.34. The van der Waals surface area contributed by atoms with Crippen LogP contribution in [0.15, 0.2) is 6.33 Å². The van der Waals surface area contributed by atoms with Crippen molar-refractivity contribution < 1.29 is 0 Å². The molecule has 2 rings (SSSR count). The van der Waals surface area contributed by atoms with Crippen LogP contribution >= 0.6 is 11.6 Å². The molecule has 0 amide bonds. The number of aromatic nitrogens is 5. The van der Waals surface area contributed by atoms with Gasteiger partial charge in [0.25, 0.3) is 0 Å². The fourth-order valence-corrected chi connectivity index (χ4v) is 2.12. The predicted octanol–water partition coefficient (Wildman–Crippen LogP) is 1.52. The van der Waals surface area contributed by atoms with E-state index in [4.69, 9.17) is 11.6 Å². The van der Waals surface area contributed by atoms with Crippen LogP contribution in [-0.2, 0) is 20.1 Å². The Kier molecular flexibility index (Phi) is 4.55. The Morgan fingerprint density at radius 3 is 2.79 bits per heavy atom. The summed E-state index contributed by atoms with van der Waals surface area (Å²) in [5.74, 6) is 0.797. The van der Waals surface area contributed by atoms with Crippen LogP contribution in [0, 0.1) is 6.92 Å². The molecule has 19 heavy (non-hydrogen) atoms. The molecule has 0 saturated heterocycles. The first kappa shape index (κ1) is 14.0. The maximum atomic E-state index is 6.20. The van der Waals surface area contributed by atoms with Gasteiger partial charge in [-0.1, -0.05) is 18.5 Å². The van der Waals surface area contributed by atoms with E-state index in [1.54, 1.807) is 15.7 Å². The molecule has 0 spiro atoms. The van der Waals surface area contributed by atoms with Crippen LogP contribution in [-0.4, -0.2) is 31.1 Å². The first-order valence-corrected chi connectivity index (χ1v) is 6.76. The Bertz CT molecular complexity index is 544. The highest BCUT2D eigenvalue weighted by Crippen LogP contribution is 2.19. The van der Waals surface area contributed by atoms with Crippen molar-refractivity contribution in [1.82, 2.24) is 29.9 Å². The van der Waals surface area contributed by atoms with Gasteiger partial charge in [0.05, 0.1) is 18.8 Å². The fourth-order valence-electron chi connectivity index (χ4n) is 1.88. The third-order valence-electron chi connectivity index (χ3n) is 2.88. The fraction of sp³-hybridized carbons (Fsp3) is 0.583. The standard InChI is InChI=1S/C12H19ClN6/c1-4-5-14-6-11-15-8-19(17-11)7-10-9(2)16-18(3)12(10)13/h8,14H,4-7H2,1-3H3. The van der Waals surface area contributed by atoms with Crippen molar-refractivity contribution in [2.45, 2.75) is 33.4 Å². The number of nitrogens with one attached hydrogen (secondary N) is 1. The summed E-state index contributed by atoms with van der Waals surface area (Å²) in [6, 6.07) is 0. The molecule has 6 nitrogen and oxygen atoms in total. The van der Waals surface area contributed by atoms with E-state index < -0.39 is 0 Å². The van der Waals surface area contributed by atoms with Crippen LogP contribution < -0.4 is 5.32 Å². The molecule has 0 aromatic carbocycles. The number of rotatable bonds is 6. The van der Waals surface area contributed by atoms with Gasteiger partial charge < -0.3 is 5.32 Å². The van der Waals surface area contributed by atoms with Crippen LogP contribution in [0.1, 0.15) is 30.4 Å². The molecule has 0 bridgehead atoms. The third kappa shape index (κ3) is 3.33. The molecule has 104 valence electrons. The zero-order valence-electron chi connectivity index (χ0n) is 11.5. The molecule has 2 heterocycles. The van der Waals surface area contributed by atoms with Crippen LogP contribution in [0.3, 0.4) is 0 Å². The number of halogens is 1. The van der Waals surface area contributed by atoms with Gasteiger partial charge in [-0.15, -0.1) is 0 Å². The van der Waals surface area contributed by atoms with Crippen LogP contribution in [0.5, 0.6) is 0 Å². The molecule has 7 heteroatoms. The molecular weight excluding hydrogens is 264 g/mol. The van der Waals surface area contributed by atoms with Gasteiger partial charge in [-0.2, -0.15) is 10.2 Å². The molecular formula is C12H19ClN6.